The number of rotatable bonds is 8. The van der Waals surface area contributed by atoms with E-state index < -0.39 is 0 Å². The van der Waals surface area contributed by atoms with Crippen LogP contribution in [-0.4, -0.2) is 13.1 Å². The van der Waals surface area contributed by atoms with E-state index in [0.717, 1.165) is 12.0 Å². The predicted molar refractivity (Wildman–Crippen MR) is 61.1 cm³/mol. The molecule has 1 unspecified atom stereocenters. The number of hydrogen-bond donors (Lipinski definition) is 1. The largest absolute Gasteiger partial charge is 0.317 e. The van der Waals surface area contributed by atoms with Gasteiger partial charge in [0.15, 0.2) is 0 Å². The van der Waals surface area contributed by atoms with Crippen molar-refractivity contribution in [2.45, 2.75) is 65.3 Å². The van der Waals surface area contributed by atoms with Crippen LogP contribution in [0, 0.1) is 5.92 Å². The Morgan fingerprint density at radius 2 is 1.69 bits per heavy atom. The van der Waals surface area contributed by atoms with Crippen LogP contribution < -0.4 is 5.32 Å². The summed E-state index contributed by atoms with van der Waals surface area (Å²) in [5, 5.41) is 3.42. The van der Waals surface area contributed by atoms with E-state index in [2.05, 4.69) is 33.1 Å². The quantitative estimate of drug-likeness (QED) is 0.570. The molecule has 0 rings (SSSR count). The maximum atomic E-state index is 3.42. The molecule has 1 heteroatoms. The smallest absolute Gasteiger partial charge is 0.00641 e. The topological polar surface area (TPSA) is 12.0 Å². The second kappa shape index (κ2) is 8.55. The SMILES string of the molecule is CCCCCC(CCC(C)C)NC. The summed E-state index contributed by atoms with van der Waals surface area (Å²) in [6.45, 7) is 6.88. The first kappa shape index (κ1) is 13.0. The van der Waals surface area contributed by atoms with Crippen molar-refractivity contribution in [1.29, 1.82) is 0 Å². The summed E-state index contributed by atoms with van der Waals surface area (Å²) in [5.41, 5.74) is 0. The molecule has 0 aromatic carbocycles. The molecule has 80 valence electrons. The lowest BCUT2D eigenvalue weighted by molar-refractivity contribution is 0.419. The van der Waals surface area contributed by atoms with Crippen molar-refractivity contribution in [1.82, 2.24) is 5.32 Å². The molecule has 0 aromatic heterocycles. The van der Waals surface area contributed by atoms with Crippen LogP contribution >= 0.6 is 0 Å². The number of hydrogen-bond acceptors (Lipinski definition) is 1. The third-order valence-corrected chi connectivity index (χ3v) is 2.66. The molecule has 0 fully saturated rings. The molecule has 0 aromatic rings. The Morgan fingerprint density at radius 3 is 2.15 bits per heavy atom. The average Bonchev–Trinajstić information content (AvgIpc) is 2.10. The molecule has 0 saturated carbocycles. The highest BCUT2D eigenvalue weighted by Crippen LogP contribution is 2.11. The van der Waals surface area contributed by atoms with E-state index in [1.807, 2.05) is 0 Å². The Hall–Kier alpha value is -0.0400. The first-order valence-electron chi connectivity index (χ1n) is 5.88. The maximum Gasteiger partial charge on any atom is 0.00641 e. The molecule has 0 aliphatic carbocycles. The molecule has 0 saturated heterocycles. The van der Waals surface area contributed by atoms with Crippen LogP contribution in [0.15, 0.2) is 0 Å². The third kappa shape index (κ3) is 8.29. The van der Waals surface area contributed by atoms with Crippen LogP contribution in [0.25, 0.3) is 0 Å². The molecule has 0 heterocycles. The van der Waals surface area contributed by atoms with E-state index >= 15 is 0 Å². The van der Waals surface area contributed by atoms with Gasteiger partial charge in [-0.15, -0.1) is 0 Å². The van der Waals surface area contributed by atoms with Gasteiger partial charge in [0.2, 0.25) is 0 Å². The van der Waals surface area contributed by atoms with E-state index in [1.165, 1.54) is 38.5 Å². The van der Waals surface area contributed by atoms with Gasteiger partial charge in [0.05, 0.1) is 0 Å². The van der Waals surface area contributed by atoms with Gasteiger partial charge in [-0.25, -0.2) is 0 Å². The molecule has 13 heavy (non-hydrogen) atoms. The molecule has 0 bridgehead atoms. The zero-order valence-corrected chi connectivity index (χ0v) is 9.90. The van der Waals surface area contributed by atoms with Gasteiger partial charge >= 0.3 is 0 Å². The fourth-order valence-corrected chi connectivity index (χ4v) is 1.61. The Bertz CT molecular complexity index is 99.3. The second-order valence-electron chi connectivity index (χ2n) is 4.45. The minimum atomic E-state index is 0.758. The van der Waals surface area contributed by atoms with Crippen LogP contribution in [0.3, 0.4) is 0 Å². The monoisotopic (exact) mass is 185 g/mol. The Labute approximate surface area is 84.3 Å². The summed E-state index contributed by atoms with van der Waals surface area (Å²) in [7, 11) is 2.09. The standard InChI is InChI=1S/C12H27N/c1-5-6-7-8-12(13-4)10-9-11(2)3/h11-13H,5-10H2,1-4H3. The van der Waals surface area contributed by atoms with E-state index in [1.54, 1.807) is 0 Å². The van der Waals surface area contributed by atoms with E-state index in [-0.39, 0.29) is 0 Å². The predicted octanol–water partition coefficient (Wildman–Crippen LogP) is 3.59. The summed E-state index contributed by atoms with van der Waals surface area (Å²) < 4.78 is 0. The van der Waals surface area contributed by atoms with Crippen molar-refractivity contribution in [3.8, 4) is 0 Å². The van der Waals surface area contributed by atoms with Crippen LogP contribution in [0.1, 0.15) is 59.3 Å². The molecule has 0 radical (unpaired) electrons. The van der Waals surface area contributed by atoms with E-state index in [9.17, 15) is 0 Å². The molecule has 1 nitrogen and oxygen atoms in total. The first-order chi connectivity index (χ1) is 6.20. The number of nitrogens with one attached hydrogen (secondary N) is 1. The van der Waals surface area contributed by atoms with Gasteiger partial charge in [-0.1, -0.05) is 40.0 Å². The van der Waals surface area contributed by atoms with Crippen molar-refractivity contribution >= 4 is 0 Å². The lowest BCUT2D eigenvalue weighted by atomic mass is 9.99. The maximum absolute atomic E-state index is 3.42. The first-order valence-corrected chi connectivity index (χ1v) is 5.88. The van der Waals surface area contributed by atoms with Gasteiger partial charge in [-0.05, 0) is 32.2 Å². The zero-order chi connectivity index (χ0) is 10.1. The van der Waals surface area contributed by atoms with E-state index in [4.69, 9.17) is 0 Å². The molecule has 1 N–H and O–H groups in total. The lowest BCUT2D eigenvalue weighted by Gasteiger charge is -2.16. The van der Waals surface area contributed by atoms with E-state index in [0.29, 0.717) is 0 Å². The Balaban J connectivity index is 3.39. The van der Waals surface area contributed by atoms with Gasteiger partial charge in [0.1, 0.15) is 0 Å². The summed E-state index contributed by atoms with van der Waals surface area (Å²) in [4.78, 5) is 0. The van der Waals surface area contributed by atoms with Gasteiger partial charge in [0, 0.05) is 6.04 Å². The summed E-state index contributed by atoms with van der Waals surface area (Å²) in [6, 6.07) is 0.758. The molecule has 1 atom stereocenters. The normalized spacial score (nSPS) is 13.6. The highest BCUT2D eigenvalue weighted by atomic mass is 14.9. The van der Waals surface area contributed by atoms with Crippen LogP contribution in [0.4, 0.5) is 0 Å². The fourth-order valence-electron chi connectivity index (χ4n) is 1.61. The zero-order valence-electron chi connectivity index (χ0n) is 9.90. The summed E-state index contributed by atoms with van der Waals surface area (Å²) >= 11 is 0. The van der Waals surface area contributed by atoms with Crippen LogP contribution in [0.2, 0.25) is 0 Å². The summed E-state index contributed by atoms with van der Waals surface area (Å²) in [6.07, 6.45) is 8.17. The minimum absolute atomic E-state index is 0.758. The second-order valence-corrected chi connectivity index (χ2v) is 4.45. The van der Waals surface area contributed by atoms with Crippen LogP contribution in [-0.2, 0) is 0 Å². The van der Waals surface area contributed by atoms with Crippen molar-refractivity contribution in [2.24, 2.45) is 5.92 Å². The summed E-state index contributed by atoms with van der Waals surface area (Å²) in [5.74, 6) is 0.849. The molecule has 0 aliphatic rings. The highest BCUT2D eigenvalue weighted by Gasteiger charge is 2.05. The molecular weight excluding hydrogens is 158 g/mol. The van der Waals surface area contributed by atoms with Gasteiger partial charge in [-0.2, -0.15) is 0 Å². The number of unbranched alkanes of at least 4 members (excludes halogenated alkanes) is 2. The Morgan fingerprint density at radius 1 is 1.00 bits per heavy atom. The van der Waals surface area contributed by atoms with Crippen molar-refractivity contribution < 1.29 is 0 Å². The minimum Gasteiger partial charge on any atom is -0.317 e. The van der Waals surface area contributed by atoms with Crippen LogP contribution in [0.5, 0.6) is 0 Å². The molecule has 0 amide bonds. The average molecular weight is 185 g/mol. The molecule has 0 aliphatic heterocycles. The van der Waals surface area contributed by atoms with Gasteiger partial charge < -0.3 is 5.32 Å². The van der Waals surface area contributed by atoms with Gasteiger partial charge in [0.25, 0.3) is 0 Å². The molecule has 0 spiro atoms. The highest BCUT2D eigenvalue weighted by molar-refractivity contribution is 4.65. The van der Waals surface area contributed by atoms with Gasteiger partial charge in [-0.3, -0.25) is 0 Å². The van der Waals surface area contributed by atoms with Crippen molar-refractivity contribution in [3.05, 3.63) is 0 Å². The Kier molecular flexibility index (Phi) is 8.53. The lowest BCUT2D eigenvalue weighted by Crippen LogP contribution is -2.25. The van der Waals surface area contributed by atoms with Crippen molar-refractivity contribution in [3.63, 3.8) is 0 Å². The molecular formula is C12H27N. The fraction of sp³-hybridized carbons (Fsp3) is 1.00. The van der Waals surface area contributed by atoms with Crippen molar-refractivity contribution in [2.75, 3.05) is 7.05 Å². The third-order valence-electron chi connectivity index (χ3n) is 2.66.